The van der Waals surface area contributed by atoms with E-state index in [1.165, 1.54) is 4.31 Å². The van der Waals surface area contributed by atoms with Gasteiger partial charge < -0.3 is 9.80 Å². The lowest BCUT2D eigenvalue weighted by atomic mass is 10.1. The van der Waals surface area contributed by atoms with E-state index in [2.05, 4.69) is 0 Å². The number of sulfonamides is 1. The maximum atomic E-state index is 13.0. The topological polar surface area (TPSA) is 78.0 Å². The number of hydrogen-bond donors (Lipinski definition) is 0. The summed E-state index contributed by atoms with van der Waals surface area (Å²) in [5.74, 6) is -0.654. The van der Waals surface area contributed by atoms with Gasteiger partial charge in [-0.05, 0) is 37.3 Å². The van der Waals surface area contributed by atoms with Crippen LogP contribution in [0.5, 0.6) is 0 Å². The third-order valence-corrected chi connectivity index (χ3v) is 7.95. The molecule has 1 atom stereocenters. The highest BCUT2D eigenvalue weighted by atomic mass is 35.5. The molecule has 2 aliphatic rings. The molecule has 2 heterocycles. The van der Waals surface area contributed by atoms with Crippen molar-refractivity contribution < 1.29 is 18.0 Å². The van der Waals surface area contributed by atoms with Gasteiger partial charge in [0.05, 0.1) is 10.8 Å². The van der Waals surface area contributed by atoms with Gasteiger partial charge in [0.2, 0.25) is 21.8 Å². The number of carbonyl (C=O) groups excluding carboxylic acids is 2. The van der Waals surface area contributed by atoms with Gasteiger partial charge in [0.1, 0.15) is 0 Å². The monoisotopic (exact) mass is 461 g/mol. The maximum absolute atomic E-state index is 13.0. The highest BCUT2D eigenvalue weighted by Crippen LogP contribution is 2.28. The number of rotatable bonds is 4. The van der Waals surface area contributed by atoms with E-state index in [9.17, 15) is 18.0 Å². The Morgan fingerprint density at radius 3 is 2.35 bits per heavy atom. The Morgan fingerprint density at radius 2 is 1.71 bits per heavy atom. The zero-order chi connectivity index (χ0) is 22.2. The number of amides is 2. The van der Waals surface area contributed by atoms with Gasteiger partial charge in [0, 0.05) is 49.9 Å². The van der Waals surface area contributed by atoms with Crippen LogP contribution in [-0.4, -0.2) is 62.2 Å². The van der Waals surface area contributed by atoms with E-state index in [0.717, 1.165) is 5.56 Å². The molecule has 7 nitrogen and oxygen atoms in total. The SMILES string of the molecule is Cc1ccc(S(=O)(=O)N2CCN(C(=O)C3CC(=O)N(c4cccc(Cl)c4)C3)CC2)cc1. The maximum Gasteiger partial charge on any atom is 0.243 e. The standard InChI is InChI=1S/C22H24ClN3O4S/c1-16-5-7-20(8-6-16)31(29,30)25-11-9-24(10-12-25)22(28)17-13-21(27)26(15-17)19-4-2-3-18(23)14-19/h2-8,14,17H,9-13,15H2,1H3. The molecule has 2 aromatic rings. The van der Waals surface area contributed by atoms with E-state index in [1.54, 1.807) is 58.3 Å². The first kappa shape index (κ1) is 21.8. The Labute approximate surface area is 187 Å². The molecule has 0 radical (unpaired) electrons. The van der Waals surface area contributed by atoms with Crippen molar-refractivity contribution >= 4 is 39.1 Å². The van der Waals surface area contributed by atoms with E-state index in [1.807, 2.05) is 6.92 Å². The predicted octanol–water partition coefficient (Wildman–Crippen LogP) is 2.53. The second kappa shape index (κ2) is 8.61. The molecular formula is C22H24ClN3O4S. The van der Waals surface area contributed by atoms with Gasteiger partial charge in [0.25, 0.3) is 0 Å². The van der Waals surface area contributed by atoms with Gasteiger partial charge in [-0.15, -0.1) is 0 Å². The molecule has 0 bridgehead atoms. The van der Waals surface area contributed by atoms with Crippen LogP contribution >= 0.6 is 11.6 Å². The number of piperazine rings is 1. The minimum atomic E-state index is -3.58. The second-order valence-electron chi connectivity index (χ2n) is 7.93. The molecule has 0 aromatic heterocycles. The van der Waals surface area contributed by atoms with Gasteiger partial charge in [-0.2, -0.15) is 4.31 Å². The summed E-state index contributed by atoms with van der Waals surface area (Å²) in [6.45, 7) is 3.31. The normalized spacial score (nSPS) is 20.3. The lowest BCUT2D eigenvalue weighted by molar-refractivity contribution is -0.136. The van der Waals surface area contributed by atoms with E-state index >= 15 is 0 Å². The largest absolute Gasteiger partial charge is 0.340 e. The molecule has 0 aliphatic carbocycles. The second-order valence-corrected chi connectivity index (χ2v) is 10.3. The lowest BCUT2D eigenvalue weighted by Gasteiger charge is -2.35. The van der Waals surface area contributed by atoms with E-state index in [-0.39, 0.29) is 36.2 Å². The number of carbonyl (C=O) groups is 2. The molecule has 31 heavy (non-hydrogen) atoms. The van der Waals surface area contributed by atoms with Crippen LogP contribution in [-0.2, 0) is 19.6 Å². The predicted molar refractivity (Wildman–Crippen MR) is 118 cm³/mol. The molecule has 0 spiro atoms. The molecule has 4 rings (SSSR count). The van der Waals surface area contributed by atoms with Gasteiger partial charge >= 0.3 is 0 Å². The van der Waals surface area contributed by atoms with Crippen molar-refractivity contribution in [3.05, 3.63) is 59.1 Å². The van der Waals surface area contributed by atoms with Crippen molar-refractivity contribution in [2.75, 3.05) is 37.6 Å². The van der Waals surface area contributed by atoms with E-state index in [0.29, 0.717) is 30.3 Å². The van der Waals surface area contributed by atoms with Crippen molar-refractivity contribution in [3.8, 4) is 0 Å². The van der Waals surface area contributed by atoms with Crippen LogP contribution in [0, 0.1) is 12.8 Å². The summed E-state index contributed by atoms with van der Waals surface area (Å²) in [7, 11) is -3.58. The minimum Gasteiger partial charge on any atom is -0.340 e. The quantitative estimate of drug-likeness (QED) is 0.701. The van der Waals surface area contributed by atoms with Crippen molar-refractivity contribution in [3.63, 3.8) is 0 Å². The first-order valence-electron chi connectivity index (χ1n) is 10.2. The molecule has 2 saturated heterocycles. The van der Waals surface area contributed by atoms with Crippen molar-refractivity contribution in [1.82, 2.24) is 9.21 Å². The Kier molecular flexibility index (Phi) is 6.05. The third kappa shape index (κ3) is 4.46. The summed E-state index contributed by atoms with van der Waals surface area (Å²) in [6.07, 6.45) is 0.146. The summed E-state index contributed by atoms with van der Waals surface area (Å²) in [4.78, 5) is 29.0. The number of hydrogen-bond acceptors (Lipinski definition) is 4. The summed E-state index contributed by atoms with van der Waals surface area (Å²) in [5, 5.41) is 0.533. The lowest BCUT2D eigenvalue weighted by Crippen LogP contribution is -2.52. The number of anilines is 1. The Balaban J connectivity index is 1.38. The molecule has 2 aromatic carbocycles. The van der Waals surface area contributed by atoms with Crippen molar-refractivity contribution in [2.45, 2.75) is 18.2 Å². The summed E-state index contributed by atoms with van der Waals surface area (Å²) in [6, 6.07) is 13.8. The van der Waals surface area contributed by atoms with Gasteiger partial charge in [-0.1, -0.05) is 35.4 Å². The van der Waals surface area contributed by atoms with Gasteiger partial charge in [-0.3, -0.25) is 9.59 Å². The fraction of sp³-hybridized carbons (Fsp3) is 0.364. The number of nitrogens with zero attached hydrogens (tertiary/aromatic N) is 3. The van der Waals surface area contributed by atoms with E-state index < -0.39 is 15.9 Å². The van der Waals surface area contributed by atoms with Gasteiger partial charge in [0.15, 0.2) is 0 Å². The fourth-order valence-electron chi connectivity index (χ4n) is 4.03. The Morgan fingerprint density at radius 1 is 1.03 bits per heavy atom. The molecule has 2 fully saturated rings. The highest BCUT2D eigenvalue weighted by molar-refractivity contribution is 7.89. The van der Waals surface area contributed by atoms with E-state index in [4.69, 9.17) is 11.6 Å². The first-order valence-corrected chi connectivity index (χ1v) is 12.0. The van der Waals surface area contributed by atoms with Crippen LogP contribution < -0.4 is 4.90 Å². The average molecular weight is 462 g/mol. The molecular weight excluding hydrogens is 438 g/mol. The van der Waals surface area contributed by atoms with Crippen LogP contribution in [0.2, 0.25) is 5.02 Å². The highest BCUT2D eigenvalue weighted by Gasteiger charge is 2.39. The summed E-state index contributed by atoms with van der Waals surface area (Å²) in [5.41, 5.74) is 1.68. The Bertz CT molecular complexity index is 1100. The minimum absolute atomic E-state index is 0.106. The summed E-state index contributed by atoms with van der Waals surface area (Å²) >= 11 is 6.03. The van der Waals surface area contributed by atoms with Crippen molar-refractivity contribution in [1.29, 1.82) is 0 Å². The van der Waals surface area contributed by atoms with Crippen molar-refractivity contribution in [2.24, 2.45) is 5.92 Å². The van der Waals surface area contributed by atoms with Crippen LogP contribution in [0.25, 0.3) is 0 Å². The summed E-state index contributed by atoms with van der Waals surface area (Å²) < 4.78 is 27.1. The molecule has 164 valence electrons. The number of halogens is 1. The van der Waals surface area contributed by atoms with Crippen LogP contribution in [0.3, 0.4) is 0 Å². The van der Waals surface area contributed by atoms with Gasteiger partial charge in [-0.25, -0.2) is 8.42 Å². The third-order valence-electron chi connectivity index (χ3n) is 5.80. The molecule has 2 aliphatic heterocycles. The first-order chi connectivity index (χ1) is 14.8. The molecule has 2 amide bonds. The van der Waals surface area contributed by atoms with Crippen LogP contribution in [0.1, 0.15) is 12.0 Å². The number of benzene rings is 2. The molecule has 1 unspecified atom stereocenters. The fourth-order valence-corrected chi connectivity index (χ4v) is 5.64. The zero-order valence-corrected chi connectivity index (χ0v) is 18.8. The molecule has 0 saturated carbocycles. The zero-order valence-electron chi connectivity index (χ0n) is 17.2. The average Bonchev–Trinajstić information content (AvgIpc) is 3.15. The smallest absolute Gasteiger partial charge is 0.243 e. The molecule has 9 heteroatoms. The van der Waals surface area contributed by atoms with Crippen LogP contribution in [0.15, 0.2) is 53.4 Å². The number of aryl methyl sites for hydroxylation is 1. The van der Waals surface area contributed by atoms with Crippen LogP contribution in [0.4, 0.5) is 5.69 Å². The Hall–Kier alpha value is -2.42. The molecule has 0 N–H and O–H groups in total.